The first-order valence-corrected chi connectivity index (χ1v) is 8.50. The van der Waals surface area contributed by atoms with Gasteiger partial charge in [-0.2, -0.15) is 5.10 Å². The standard InChI is InChI=1S/C19H24N4O2/c1-12-10-13(2)23(20-12)17-9-7-6-8-16(17)11-22-15(4)18(24)21(5)14(3)19(22)25/h6-10,14-15H,11H2,1-5H3/t14-,15-/m0/s1. The summed E-state index contributed by atoms with van der Waals surface area (Å²) < 4.78 is 1.89. The van der Waals surface area contributed by atoms with E-state index in [2.05, 4.69) is 5.10 Å². The number of aromatic nitrogens is 2. The van der Waals surface area contributed by atoms with Gasteiger partial charge in [-0.05, 0) is 45.4 Å². The lowest BCUT2D eigenvalue weighted by molar-refractivity contribution is -0.159. The minimum Gasteiger partial charge on any atom is -0.332 e. The number of hydrogen-bond acceptors (Lipinski definition) is 3. The van der Waals surface area contributed by atoms with Gasteiger partial charge in [0.05, 0.1) is 11.4 Å². The third-order valence-electron chi connectivity index (χ3n) is 4.96. The zero-order valence-corrected chi connectivity index (χ0v) is 15.4. The van der Waals surface area contributed by atoms with Gasteiger partial charge in [0.1, 0.15) is 12.1 Å². The second-order valence-electron chi connectivity index (χ2n) is 6.73. The number of rotatable bonds is 3. The van der Waals surface area contributed by atoms with Crippen molar-refractivity contribution in [1.82, 2.24) is 19.6 Å². The molecule has 6 nitrogen and oxygen atoms in total. The number of benzene rings is 1. The highest BCUT2D eigenvalue weighted by Crippen LogP contribution is 2.23. The number of amides is 2. The molecule has 2 atom stereocenters. The number of likely N-dealkylation sites (N-methyl/N-ethyl adjacent to an activating group) is 1. The van der Waals surface area contributed by atoms with Crippen molar-refractivity contribution in [2.24, 2.45) is 0 Å². The molecular weight excluding hydrogens is 316 g/mol. The Bertz CT molecular complexity index is 827. The summed E-state index contributed by atoms with van der Waals surface area (Å²) in [4.78, 5) is 28.3. The van der Waals surface area contributed by atoms with Crippen LogP contribution in [0.5, 0.6) is 0 Å². The van der Waals surface area contributed by atoms with Gasteiger partial charge in [-0.3, -0.25) is 9.59 Å². The second-order valence-corrected chi connectivity index (χ2v) is 6.73. The molecule has 1 aromatic carbocycles. The monoisotopic (exact) mass is 340 g/mol. The molecule has 3 rings (SSSR count). The van der Waals surface area contributed by atoms with E-state index in [9.17, 15) is 9.59 Å². The van der Waals surface area contributed by atoms with E-state index in [-0.39, 0.29) is 11.8 Å². The van der Waals surface area contributed by atoms with Crippen LogP contribution in [0.3, 0.4) is 0 Å². The van der Waals surface area contributed by atoms with Gasteiger partial charge in [0.25, 0.3) is 0 Å². The molecule has 1 aromatic heterocycles. The van der Waals surface area contributed by atoms with Gasteiger partial charge in [-0.25, -0.2) is 4.68 Å². The zero-order valence-electron chi connectivity index (χ0n) is 15.4. The van der Waals surface area contributed by atoms with Crippen LogP contribution in [-0.4, -0.2) is 50.5 Å². The van der Waals surface area contributed by atoms with Crippen LogP contribution in [-0.2, 0) is 16.1 Å². The van der Waals surface area contributed by atoms with Crippen molar-refractivity contribution in [2.75, 3.05) is 7.05 Å². The van der Waals surface area contributed by atoms with Crippen molar-refractivity contribution >= 4 is 11.8 Å². The smallest absolute Gasteiger partial charge is 0.246 e. The van der Waals surface area contributed by atoms with Crippen molar-refractivity contribution in [3.05, 3.63) is 47.3 Å². The van der Waals surface area contributed by atoms with Gasteiger partial charge in [0.15, 0.2) is 0 Å². The summed E-state index contributed by atoms with van der Waals surface area (Å²) in [5.41, 5.74) is 3.89. The molecule has 1 aliphatic rings. The van der Waals surface area contributed by atoms with Gasteiger partial charge in [0.2, 0.25) is 11.8 Å². The number of hydrogen-bond donors (Lipinski definition) is 0. The van der Waals surface area contributed by atoms with Crippen molar-refractivity contribution in [1.29, 1.82) is 0 Å². The summed E-state index contributed by atoms with van der Waals surface area (Å²) in [5, 5.41) is 4.55. The fourth-order valence-corrected chi connectivity index (χ4v) is 3.34. The van der Waals surface area contributed by atoms with E-state index in [4.69, 9.17) is 0 Å². The van der Waals surface area contributed by atoms with E-state index in [0.29, 0.717) is 6.54 Å². The molecule has 0 spiro atoms. The molecule has 0 N–H and O–H groups in total. The maximum atomic E-state index is 12.7. The highest BCUT2D eigenvalue weighted by atomic mass is 16.2. The molecule has 25 heavy (non-hydrogen) atoms. The molecule has 0 saturated carbocycles. The van der Waals surface area contributed by atoms with E-state index in [1.165, 1.54) is 4.90 Å². The van der Waals surface area contributed by atoms with Gasteiger partial charge in [-0.1, -0.05) is 18.2 Å². The molecule has 6 heteroatoms. The second kappa shape index (κ2) is 6.35. The van der Waals surface area contributed by atoms with Gasteiger partial charge in [-0.15, -0.1) is 0 Å². The summed E-state index contributed by atoms with van der Waals surface area (Å²) >= 11 is 0. The minimum atomic E-state index is -0.470. The van der Waals surface area contributed by atoms with E-state index >= 15 is 0 Å². The summed E-state index contributed by atoms with van der Waals surface area (Å²) in [5.74, 6) is -0.0616. The lowest BCUT2D eigenvalue weighted by Gasteiger charge is -2.41. The first-order chi connectivity index (χ1) is 11.8. The summed E-state index contributed by atoms with van der Waals surface area (Å²) in [6.45, 7) is 7.91. The Labute approximate surface area is 148 Å². The SMILES string of the molecule is Cc1cc(C)n(-c2ccccc2CN2C(=O)[C@H](C)N(C)C(=O)[C@@H]2C)n1. The molecule has 1 saturated heterocycles. The Morgan fingerprint density at radius 2 is 1.72 bits per heavy atom. The quantitative estimate of drug-likeness (QED) is 0.859. The van der Waals surface area contributed by atoms with E-state index < -0.39 is 12.1 Å². The number of aryl methyl sites for hydroxylation is 2. The largest absolute Gasteiger partial charge is 0.332 e. The topological polar surface area (TPSA) is 58.4 Å². The van der Waals surface area contributed by atoms with Crippen LogP contribution in [0.1, 0.15) is 30.8 Å². The maximum absolute atomic E-state index is 12.7. The molecule has 1 aliphatic heterocycles. The first kappa shape index (κ1) is 17.2. The summed E-state index contributed by atoms with van der Waals surface area (Å²) in [6.07, 6.45) is 0. The van der Waals surface area contributed by atoms with Crippen molar-refractivity contribution in [2.45, 2.75) is 46.3 Å². The first-order valence-electron chi connectivity index (χ1n) is 8.50. The van der Waals surface area contributed by atoms with Crippen LogP contribution < -0.4 is 0 Å². The van der Waals surface area contributed by atoms with Crippen molar-refractivity contribution in [3.63, 3.8) is 0 Å². The molecular formula is C19H24N4O2. The van der Waals surface area contributed by atoms with E-state index in [1.54, 1.807) is 25.8 Å². The molecule has 0 radical (unpaired) electrons. The van der Waals surface area contributed by atoms with Crippen LogP contribution in [0, 0.1) is 13.8 Å². The average Bonchev–Trinajstić information content (AvgIpc) is 2.93. The van der Waals surface area contributed by atoms with Crippen LogP contribution in [0.2, 0.25) is 0 Å². The van der Waals surface area contributed by atoms with Crippen molar-refractivity contribution in [3.8, 4) is 5.69 Å². The Hall–Kier alpha value is -2.63. The number of carbonyl (C=O) groups excluding carboxylic acids is 2. The molecule has 1 fully saturated rings. The summed E-state index contributed by atoms with van der Waals surface area (Å²) in [6, 6.07) is 8.99. The molecule has 0 unspecified atom stereocenters. The molecule has 132 valence electrons. The van der Waals surface area contributed by atoms with Gasteiger partial charge in [0, 0.05) is 19.3 Å². The predicted molar refractivity (Wildman–Crippen MR) is 95.3 cm³/mol. The third-order valence-corrected chi connectivity index (χ3v) is 4.96. The fourth-order valence-electron chi connectivity index (χ4n) is 3.34. The van der Waals surface area contributed by atoms with Crippen LogP contribution in [0.25, 0.3) is 5.69 Å². The minimum absolute atomic E-state index is 0.0298. The van der Waals surface area contributed by atoms with E-state index in [1.807, 2.05) is 48.9 Å². The molecule has 0 bridgehead atoms. The molecule has 0 aliphatic carbocycles. The molecule has 2 aromatic rings. The highest BCUT2D eigenvalue weighted by Gasteiger charge is 2.39. The number of nitrogens with zero attached hydrogens (tertiary/aromatic N) is 4. The Morgan fingerprint density at radius 3 is 2.36 bits per heavy atom. The average molecular weight is 340 g/mol. The lowest BCUT2D eigenvalue weighted by Crippen LogP contribution is -2.61. The number of piperazine rings is 1. The van der Waals surface area contributed by atoms with Crippen molar-refractivity contribution < 1.29 is 9.59 Å². The lowest BCUT2D eigenvalue weighted by atomic mass is 10.0. The van der Waals surface area contributed by atoms with Crippen LogP contribution in [0.4, 0.5) is 0 Å². The van der Waals surface area contributed by atoms with Gasteiger partial charge < -0.3 is 9.80 Å². The summed E-state index contributed by atoms with van der Waals surface area (Å²) in [7, 11) is 1.68. The Morgan fingerprint density at radius 1 is 1.04 bits per heavy atom. The molecule has 2 heterocycles. The molecule has 2 amide bonds. The third kappa shape index (κ3) is 2.92. The maximum Gasteiger partial charge on any atom is 0.246 e. The predicted octanol–water partition coefficient (Wildman–Crippen LogP) is 2.07. The fraction of sp³-hybridized carbons (Fsp3) is 0.421. The van der Waals surface area contributed by atoms with Crippen LogP contribution >= 0.6 is 0 Å². The van der Waals surface area contributed by atoms with Gasteiger partial charge >= 0.3 is 0 Å². The highest BCUT2D eigenvalue weighted by molar-refractivity contribution is 5.96. The number of carbonyl (C=O) groups is 2. The van der Waals surface area contributed by atoms with E-state index in [0.717, 1.165) is 22.6 Å². The normalized spacial score (nSPS) is 21.2. The number of para-hydroxylation sites is 1. The van der Waals surface area contributed by atoms with Crippen LogP contribution in [0.15, 0.2) is 30.3 Å². The Balaban J connectivity index is 1.97. The zero-order chi connectivity index (χ0) is 18.3. The Kier molecular flexibility index (Phi) is 4.37.